The molecular weight excluding hydrogens is 481 g/mol. The second-order valence-corrected chi connectivity index (χ2v) is 9.27. The average Bonchev–Trinajstić information content (AvgIpc) is 3.45. The zero-order chi connectivity index (χ0) is 22.8. The first-order valence-corrected chi connectivity index (χ1v) is 11.8. The highest BCUT2D eigenvalue weighted by molar-refractivity contribution is 7.80. The van der Waals surface area contributed by atoms with Gasteiger partial charge in [-0.3, -0.25) is 9.58 Å². The number of anilines is 1. The van der Waals surface area contributed by atoms with Crippen LogP contribution < -0.4 is 14.8 Å². The first-order chi connectivity index (χ1) is 16.0. The molecule has 172 valence electrons. The number of piperazine rings is 1. The van der Waals surface area contributed by atoms with Crippen LogP contribution in [0.4, 0.5) is 5.69 Å². The minimum Gasteiger partial charge on any atom is -0.454 e. The van der Waals surface area contributed by atoms with Crippen LogP contribution in [0.3, 0.4) is 0 Å². The van der Waals surface area contributed by atoms with Crippen LogP contribution >= 0.6 is 35.4 Å². The number of halogens is 2. The number of hydrogen-bond acceptors (Lipinski definition) is 5. The molecule has 1 aromatic heterocycles. The van der Waals surface area contributed by atoms with Gasteiger partial charge in [-0.1, -0.05) is 35.3 Å². The molecule has 1 saturated heterocycles. The number of ether oxygens (including phenoxy) is 2. The summed E-state index contributed by atoms with van der Waals surface area (Å²) in [7, 11) is 0. The van der Waals surface area contributed by atoms with Gasteiger partial charge in [-0.2, -0.15) is 5.10 Å². The van der Waals surface area contributed by atoms with E-state index in [1.807, 2.05) is 29.1 Å². The molecule has 3 heterocycles. The maximum absolute atomic E-state index is 6.28. The van der Waals surface area contributed by atoms with E-state index in [0.29, 0.717) is 28.5 Å². The van der Waals surface area contributed by atoms with Crippen molar-refractivity contribution in [3.05, 3.63) is 70.0 Å². The van der Waals surface area contributed by atoms with Crippen LogP contribution in [0.15, 0.2) is 48.8 Å². The van der Waals surface area contributed by atoms with E-state index in [-0.39, 0.29) is 0 Å². The number of thiocarbonyl (C=S) groups is 1. The molecule has 0 bridgehead atoms. The number of benzene rings is 2. The van der Waals surface area contributed by atoms with Gasteiger partial charge in [0.25, 0.3) is 0 Å². The second kappa shape index (κ2) is 9.77. The molecule has 0 amide bonds. The van der Waals surface area contributed by atoms with Crippen molar-refractivity contribution in [2.45, 2.75) is 13.1 Å². The lowest BCUT2D eigenvalue weighted by Gasteiger charge is -2.36. The van der Waals surface area contributed by atoms with E-state index in [9.17, 15) is 0 Å². The van der Waals surface area contributed by atoms with Gasteiger partial charge >= 0.3 is 0 Å². The Kier molecular flexibility index (Phi) is 6.59. The Bertz CT molecular complexity index is 1160. The maximum atomic E-state index is 6.28. The molecule has 2 aliphatic rings. The number of rotatable bonds is 5. The summed E-state index contributed by atoms with van der Waals surface area (Å²) in [6.07, 6.45) is 3.69. The van der Waals surface area contributed by atoms with Gasteiger partial charge in [-0.15, -0.1) is 0 Å². The van der Waals surface area contributed by atoms with Gasteiger partial charge in [0.05, 0.1) is 18.4 Å². The third-order valence-corrected chi connectivity index (χ3v) is 6.68. The molecule has 7 nitrogen and oxygen atoms in total. The van der Waals surface area contributed by atoms with Crippen LogP contribution in [0.25, 0.3) is 0 Å². The van der Waals surface area contributed by atoms with Crippen molar-refractivity contribution in [2.75, 3.05) is 38.3 Å². The molecule has 2 aliphatic heterocycles. The predicted octanol–water partition coefficient (Wildman–Crippen LogP) is 4.48. The number of fused-ring (bicyclic) bond motifs is 1. The van der Waals surface area contributed by atoms with Gasteiger partial charge in [0, 0.05) is 49.0 Å². The van der Waals surface area contributed by atoms with E-state index in [2.05, 4.69) is 32.3 Å². The standard InChI is InChI=1S/C23H23Cl2N5O2S/c24-18-3-2-17(20(25)10-18)13-30-14-19(11-26-30)27-23(33)29-7-5-28(6-8-29)12-16-1-4-21-22(9-16)32-15-31-21/h1-4,9-11,14H,5-8,12-13,15H2,(H,27,33). The monoisotopic (exact) mass is 503 g/mol. The lowest BCUT2D eigenvalue weighted by Crippen LogP contribution is -2.49. The van der Waals surface area contributed by atoms with E-state index in [0.717, 1.165) is 55.5 Å². The van der Waals surface area contributed by atoms with Crippen LogP contribution in [0.2, 0.25) is 10.0 Å². The summed E-state index contributed by atoms with van der Waals surface area (Å²) in [6.45, 7) is 5.34. The fourth-order valence-electron chi connectivity index (χ4n) is 3.95. The van der Waals surface area contributed by atoms with Crippen LogP contribution in [0.1, 0.15) is 11.1 Å². The molecule has 0 spiro atoms. The van der Waals surface area contributed by atoms with Crippen LogP contribution in [0, 0.1) is 0 Å². The number of nitrogens with zero attached hydrogens (tertiary/aromatic N) is 4. The molecule has 0 aliphatic carbocycles. The van der Waals surface area contributed by atoms with Crippen molar-refractivity contribution in [2.24, 2.45) is 0 Å². The number of nitrogens with one attached hydrogen (secondary N) is 1. The molecule has 0 unspecified atom stereocenters. The first-order valence-electron chi connectivity index (χ1n) is 10.7. The Morgan fingerprint density at radius 3 is 2.64 bits per heavy atom. The fraction of sp³-hybridized carbons (Fsp3) is 0.304. The Balaban J connectivity index is 1.11. The second-order valence-electron chi connectivity index (χ2n) is 8.04. The first kappa shape index (κ1) is 22.3. The third kappa shape index (κ3) is 5.35. The highest BCUT2D eigenvalue weighted by Crippen LogP contribution is 2.33. The van der Waals surface area contributed by atoms with E-state index in [4.69, 9.17) is 44.9 Å². The molecule has 0 saturated carbocycles. The highest BCUT2D eigenvalue weighted by atomic mass is 35.5. The zero-order valence-electron chi connectivity index (χ0n) is 17.8. The van der Waals surface area contributed by atoms with Gasteiger partial charge in [-0.25, -0.2) is 0 Å². The smallest absolute Gasteiger partial charge is 0.231 e. The molecule has 2 aromatic carbocycles. The van der Waals surface area contributed by atoms with Gasteiger partial charge < -0.3 is 19.7 Å². The Labute approximate surface area is 207 Å². The topological polar surface area (TPSA) is 54.8 Å². The van der Waals surface area contributed by atoms with E-state index >= 15 is 0 Å². The van der Waals surface area contributed by atoms with Crippen molar-refractivity contribution in [1.29, 1.82) is 0 Å². The number of hydrogen-bond donors (Lipinski definition) is 1. The molecule has 0 atom stereocenters. The van der Waals surface area contributed by atoms with Crippen LogP contribution in [-0.2, 0) is 13.1 Å². The summed E-state index contributed by atoms with van der Waals surface area (Å²) < 4.78 is 12.7. The summed E-state index contributed by atoms with van der Waals surface area (Å²) >= 11 is 17.9. The summed E-state index contributed by atoms with van der Waals surface area (Å²) in [4.78, 5) is 4.61. The molecule has 1 fully saturated rings. The van der Waals surface area contributed by atoms with E-state index in [1.165, 1.54) is 5.56 Å². The molecule has 33 heavy (non-hydrogen) atoms. The Hall–Kier alpha value is -2.52. The largest absolute Gasteiger partial charge is 0.454 e. The molecule has 10 heteroatoms. The van der Waals surface area contributed by atoms with Crippen LogP contribution in [-0.4, -0.2) is 57.7 Å². The van der Waals surface area contributed by atoms with Gasteiger partial charge in [-0.05, 0) is 47.6 Å². The third-order valence-electron chi connectivity index (χ3n) is 5.73. The van der Waals surface area contributed by atoms with E-state index < -0.39 is 0 Å². The molecule has 3 aromatic rings. The SMILES string of the molecule is S=C(Nc1cnn(Cc2ccc(Cl)cc2Cl)c1)N1CCN(Cc2ccc3c(c2)OCO3)CC1. The summed E-state index contributed by atoms with van der Waals surface area (Å²) in [5.41, 5.74) is 3.03. The predicted molar refractivity (Wildman–Crippen MR) is 133 cm³/mol. The van der Waals surface area contributed by atoms with Crippen molar-refractivity contribution >= 4 is 46.2 Å². The minimum absolute atomic E-state index is 0.301. The zero-order valence-corrected chi connectivity index (χ0v) is 20.2. The Morgan fingerprint density at radius 2 is 1.82 bits per heavy atom. The molecule has 5 rings (SSSR count). The number of aromatic nitrogens is 2. The Morgan fingerprint density at radius 1 is 1.00 bits per heavy atom. The fourth-order valence-corrected chi connectivity index (χ4v) is 4.72. The summed E-state index contributed by atoms with van der Waals surface area (Å²) in [5.74, 6) is 1.65. The maximum Gasteiger partial charge on any atom is 0.231 e. The lowest BCUT2D eigenvalue weighted by molar-refractivity contribution is 0.173. The lowest BCUT2D eigenvalue weighted by atomic mass is 10.1. The molecule has 1 N–H and O–H groups in total. The molecule has 0 radical (unpaired) electrons. The van der Waals surface area contributed by atoms with E-state index in [1.54, 1.807) is 12.3 Å². The van der Waals surface area contributed by atoms with Crippen molar-refractivity contribution in [1.82, 2.24) is 19.6 Å². The average molecular weight is 504 g/mol. The quantitative estimate of drug-likeness (QED) is 0.515. The highest BCUT2D eigenvalue weighted by Gasteiger charge is 2.20. The van der Waals surface area contributed by atoms with Crippen molar-refractivity contribution in [3.8, 4) is 11.5 Å². The van der Waals surface area contributed by atoms with Gasteiger partial charge in [0.15, 0.2) is 16.6 Å². The normalized spacial score (nSPS) is 15.6. The van der Waals surface area contributed by atoms with Crippen molar-refractivity contribution < 1.29 is 9.47 Å². The molecular formula is C23H23Cl2N5O2S. The van der Waals surface area contributed by atoms with Gasteiger partial charge in [0.1, 0.15) is 0 Å². The van der Waals surface area contributed by atoms with Crippen molar-refractivity contribution in [3.63, 3.8) is 0 Å². The summed E-state index contributed by atoms with van der Waals surface area (Å²) in [6, 6.07) is 11.6. The van der Waals surface area contributed by atoms with Crippen LogP contribution in [0.5, 0.6) is 11.5 Å². The summed E-state index contributed by atoms with van der Waals surface area (Å²) in [5, 5.41) is 9.67. The van der Waals surface area contributed by atoms with Gasteiger partial charge in [0.2, 0.25) is 6.79 Å². The minimum atomic E-state index is 0.301.